The molecule has 11 heteroatoms. The first-order chi connectivity index (χ1) is 14.8. The average molecular weight is 427 g/mol. The van der Waals surface area contributed by atoms with Crippen LogP contribution in [-0.4, -0.2) is 16.2 Å². The molecule has 3 aromatic carbocycles. The molecule has 0 amide bonds. The normalized spacial score (nSPS) is 14.7. The zero-order valence-corrected chi connectivity index (χ0v) is 15.1. The molecule has 0 aliphatic carbocycles. The van der Waals surface area contributed by atoms with Crippen LogP contribution in [0.5, 0.6) is 23.0 Å². The van der Waals surface area contributed by atoms with Crippen LogP contribution in [-0.2, 0) is 10.3 Å². The SMILES string of the molecule is [N-]=[N+]=Nc1c(F)c(F)c2c(c1F)C1(OC2=O)c2ccc(O)cc2Oc2cc(O)ccc21. The van der Waals surface area contributed by atoms with E-state index in [9.17, 15) is 23.8 Å². The fourth-order valence-corrected chi connectivity index (χ4v) is 3.96. The van der Waals surface area contributed by atoms with E-state index in [-0.39, 0.29) is 34.1 Å². The van der Waals surface area contributed by atoms with Gasteiger partial charge in [0.1, 0.15) is 40.1 Å². The van der Waals surface area contributed by atoms with Crippen LogP contribution in [0.3, 0.4) is 0 Å². The van der Waals surface area contributed by atoms with E-state index in [2.05, 4.69) is 10.0 Å². The van der Waals surface area contributed by atoms with Crippen molar-refractivity contribution in [3.8, 4) is 23.0 Å². The number of benzene rings is 3. The molecule has 2 aliphatic rings. The second-order valence-electron chi connectivity index (χ2n) is 6.76. The lowest BCUT2D eigenvalue weighted by Gasteiger charge is -2.36. The van der Waals surface area contributed by atoms with Gasteiger partial charge >= 0.3 is 5.97 Å². The number of aromatic hydroxyl groups is 2. The number of nitrogens with zero attached hydrogens (tertiary/aromatic N) is 3. The number of hydrogen-bond acceptors (Lipinski definition) is 6. The highest BCUT2D eigenvalue weighted by atomic mass is 19.2. The average Bonchev–Trinajstić information content (AvgIpc) is 3.02. The van der Waals surface area contributed by atoms with E-state index in [4.69, 9.17) is 15.0 Å². The summed E-state index contributed by atoms with van der Waals surface area (Å²) in [6.07, 6.45) is 0. The number of hydrogen-bond donors (Lipinski definition) is 2. The van der Waals surface area contributed by atoms with E-state index in [0.29, 0.717) is 0 Å². The molecule has 31 heavy (non-hydrogen) atoms. The molecular weight excluding hydrogens is 419 g/mol. The third-order valence-electron chi connectivity index (χ3n) is 5.15. The molecule has 154 valence electrons. The number of phenols is 2. The molecule has 0 radical (unpaired) electrons. The van der Waals surface area contributed by atoms with Gasteiger partial charge < -0.3 is 19.7 Å². The van der Waals surface area contributed by atoms with Crippen LogP contribution in [0.4, 0.5) is 18.9 Å². The number of phenolic OH excluding ortho intramolecular Hbond substituents is 2. The fraction of sp³-hybridized carbons (Fsp3) is 0.0500. The molecule has 0 bridgehead atoms. The number of fused-ring (bicyclic) bond motifs is 6. The van der Waals surface area contributed by atoms with Crippen molar-refractivity contribution in [1.29, 1.82) is 0 Å². The summed E-state index contributed by atoms with van der Waals surface area (Å²) in [5.74, 6) is -7.12. The molecule has 5 rings (SSSR count). The lowest BCUT2D eigenvalue weighted by molar-refractivity contribution is 0.0216. The predicted molar refractivity (Wildman–Crippen MR) is 96.7 cm³/mol. The summed E-state index contributed by atoms with van der Waals surface area (Å²) in [4.78, 5) is 15.0. The molecule has 0 unspecified atom stereocenters. The van der Waals surface area contributed by atoms with Crippen LogP contribution in [0, 0.1) is 17.5 Å². The highest BCUT2D eigenvalue weighted by Crippen LogP contribution is 2.58. The third kappa shape index (κ3) is 2.26. The van der Waals surface area contributed by atoms with Gasteiger partial charge in [0, 0.05) is 28.2 Å². The summed E-state index contributed by atoms with van der Waals surface area (Å²) in [5, 5.41) is 22.6. The Morgan fingerprint density at radius 1 is 0.935 bits per heavy atom. The first-order valence-corrected chi connectivity index (χ1v) is 8.63. The molecule has 3 aromatic rings. The number of rotatable bonds is 1. The summed E-state index contributed by atoms with van der Waals surface area (Å²) in [7, 11) is 0. The molecule has 2 N–H and O–H groups in total. The van der Waals surface area contributed by atoms with Gasteiger partial charge in [-0.15, -0.1) is 0 Å². The van der Waals surface area contributed by atoms with Crippen molar-refractivity contribution in [3.63, 3.8) is 0 Å². The van der Waals surface area contributed by atoms with Crippen LogP contribution in [0.1, 0.15) is 27.0 Å². The number of carbonyl (C=O) groups is 1. The number of azide groups is 1. The summed E-state index contributed by atoms with van der Waals surface area (Å²) in [6.45, 7) is 0. The molecule has 0 saturated heterocycles. The fourth-order valence-electron chi connectivity index (χ4n) is 3.96. The lowest BCUT2D eigenvalue weighted by Crippen LogP contribution is -2.33. The van der Waals surface area contributed by atoms with Crippen molar-refractivity contribution in [2.24, 2.45) is 5.11 Å². The Morgan fingerprint density at radius 2 is 1.52 bits per heavy atom. The second-order valence-corrected chi connectivity index (χ2v) is 6.76. The topological polar surface area (TPSA) is 125 Å². The minimum absolute atomic E-state index is 0.00705. The van der Waals surface area contributed by atoms with Crippen molar-refractivity contribution in [1.82, 2.24) is 0 Å². The van der Waals surface area contributed by atoms with Gasteiger partial charge in [-0.1, -0.05) is 5.11 Å². The van der Waals surface area contributed by atoms with Crippen LogP contribution in [0.15, 0.2) is 41.5 Å². The summed E-state index contributed by atoms with van der Waals surface area (Å²) in [5.41, 5.74) is 3.48. The standard InChI is InChI=1S/C20H8F3N3O5/c21-15-13-14(16(22)18(17(15)23)25-26-24)20(31-19(13)29)9-3-1-7(27)5-11(9)30-12-6-8(28)2-4-10(12)20/h1-6,27-28H. The summed E-state index contributed by atoms with van der Waals surface area (Å²) >= 11 is 0. The second kappa shape index (κ2) is 6.07. The van der Waals surface area contributed by atoms with Crippen LogP contribution < -0.4 is 4.74 Å². The van der Waals surface area contributed by atoms with E-state index in [1.807, 2.05) is 0 Å². The first-order valence-electron chi connectivity index (χ1n) is 8.63. The molecule has 1 spiro atoms. The minimum atomic E-state index is -2.17. The first kappa shape index (κ1) is 18.6. The number of esters is 1. The number of ether oxygens (including phenoxy) is 2. The van der Waals surface area contributed by atoms with Crippen molar-refractivity contribution in [2.45, 2.75) is 5.60 Å². The van der Waals surface area contributed by atoms with Crippen molar-refractivity contribution >= 4 is 11.7 Å². The highest BCUT2D eigenvalue weighted by Gasteiger charge is 2.57. The maximum atomic E-state index is 15.5. The van der Waals surface area contributed by atoms with Crippen LogP contribution in [0.25, 0.3) is 10.4 Å². The van der Waals surface area contributed by atoms with E-state index < -0.39 is 45.8 Å². The molecule has 0 aromatic heterocycles. The van der Waals surface area contributed by atoms with Gasteiger partial charge in [0.05, 0.1) is 5.56 Å². The molecule has 2 heterocycles. The van der Waals surface area contributed by atoms with Gasteiger partial charge in [-0.3, -0.25) is 0 Å². The summed E-state index contributed by atoms with van der Waals surface area (Å²) in [6, 6.07) is 7.21. The highest BCUT2D eigenvalue weighted by molar-refractivity contribution is 5.98. The Balaban J connectivity index is 1.99. The Hall–Kier alpha value is -4.37. The predicted octanol–water partition coefficient (Wildman–Crippen LogP) is 5.02. The molecule has 8 nitrogen and oxygen atoms in total. The van der Waals surface area contributed by atoms with Crippen LogP contribution >= 0.6 is 0 Å². The Kier molecular flexibility index (Phi) is 3.65. The largest absolute Gasteiger partial charge is 0.508 e. The Bertz CT molecular complexity index is 1330. The van der Waals surface area contributed by atoms with E-state index in [1.54, 1.807) is 0 Å². The quantitative estimate of drug-likeness (QED) is 0.185. The Labute approximate surface area is 170 Å². The van der Waals surface area contributed by atoms with Gasteiger partial charge in [0.25, 0.3) is 0 Å². The Morgan fingerprint density at radius 3 is 2.06 bits per heavy atom. The van der Waals surface area contributed by atoms with Crippen molar-refractivity contribution < 1.29 is 37.7 Å². The van der Waals surface area contributed by atoms with Gasteiger partial charge in [-0.2, -0.15) is 0 Å². The molecule has 0 saturated carbocycles. The van der Waals surface area contributed by atoms with Gasteiger partial charge in [-0.05, 0) is 29.8 Å². The molecular formula is C20H8F3N3O5. The maximum absolute atomic E-state index is 15.5. The van der Waals surface area contributed by atoms with Crippen molar-refractivity contribution in [3.05, 3.63) is 86.5 Å². The third-order valence-corrected chi connectivity index (χ3v) is 5.15. The van der Waals surface area contributed by atoms with Crippen LogP contribution in [0.2, 0.25) is 0 Å². The smallest absolute Gasteiger partial charge is 0.343 e. The van der Waals surface area contributed by atoms with E-state index in [0.717, 1.165) is 12.1 Å². The number of halogens is 3. The minimum Gasteiger partial charge on any atom is -0.508 e. The number of carbonyl (C=O) groups excluding carboxylic acids is 1. The zero-order valence-electron chi connectivity index (χ0n) is 15.1. The van der Waals surface area contributed by atoms with Crippen molar-refractivity contribution in [2.75, 3.05) is 0 Å². The lowest BCUT2D eigenvalue weighted by atomic mass is 9.77. The zero-order chi connectivity index (χ0) is 22.1. The maximum Gasteiger partial charge on any atom is 0.343 e. The molecule has 0 atom stereocenters. The van der Waals surface area contributed by atoms with Gasteiger partial charge in [0.15, 0.2) is 17.2 Å². The monoisotopic (exact) mass is 427 g/mol. The molecule has 2 aliphatic heterocycles. The van der Waals surface area contributed by atoms with E-state index in [1.165, 1.54) is 24.3 Å². The summed E-state index contributed by atoms with van der Waals surface area (Å²) < 4.78 is 55.8. The van der Waals surface area contributed by atoms with E-state index >= 15 is 4.39 Å². The van der Waals surface area contributed by atoms with Gasteiger partial charge in [-0.25, -0.2) is 18.0 Å². The van der Waals surface area contributed by atoms with Gasteiger partial charge in [0.2, 0.25) is 0 Å². The molecule has 0 fully saturated rings.